The molecule has 1 N–H and O–H groups in total. The van der Waals surface area contributed by atoms with Gasteiger partial charge in [-0.1, -0.05) is 20.8 Å². The lowest BCUT2D eigenvalue weighted by atomic mass is 9.97. The number of rotatable bonds is 8. The molecule has 19 heavy (non-hydrogen) atoms. The van der Waals surface area contributed by atoms with Crippen molar-refractivity contribution in [2.24, 2.45) is 5.92 Å². The highest BCUT2D eigenvalue weighted by Gasteiger charge is 2.25. The third-order valence-corrected chi connectivity index (χ3v) is 4.54. The summed E-state index contributed by atoms with van der Waals surface area (Å²) in [7, 11) is 1.81. The maximum atomic E-state index is 5.69. The molecule has 0 radical (unpaired) electrons. The molecule has 110 valence electrons. The van der Waals surface area contributed by atoms with Gasteiger partial charge >= 0.3 is 0 Å². The smallest absolute Gasteiger partial charge is 0.0947 e. The normalized spacial score (nSPS) is 14.9. The summed E-state index contributed by atoms with van der Waals surface area (Å²) >= 11 is 1.81. The van der Waals surface area contributed by atoms with E-state index in [4.69, 9.17) is 4.74 Å². The van der Waals surface area contributed by atoms with Crippen LogP contribution in [0.3, 0.4) is 0 Å². The molecule has 3 nitrogen and oxygen atoms in total. The standard InChI is InChI=1S/C15H28N2OS/c1-7-8-16-13(15(18-6)10(2)3)9-14-17-11(4)12(5)19-14/h10,13,15-16H,7-9H2,1-6H3. The second kappa shape index (κ2) is 7.98. The van der Waals surface area contributed by atoms with Crippen molar-refractivity contribution in [1.29, 1.82) is 0 Å². The minimum atomic E-state index is 0.232. The van der Waals surface area contributed by atoms with Gasteiger partial charge in [-0.25, -0.2) is 4.98 Å². The molecule has 2 unspecified atom stereocenters. The first-order valence-electron chi connectivity index (χ1n) is 7.18. The van der Waals surface area contributed by atoms with Crippen LogP contribution in [0.4, 0.5) is 0 Å². The number of methoxy groups -OCH3 is 1. The van der Waals surface area contributed by atoms with Crippen molar-refractivity contribution in [3.8, 4) is 0 Å². The Morgan fingerprint density at radius 2 is 2.00 bits per heavy atom. The quantitative estimate of drug-likeness (QED) is 0.795. The SMILES string of the molecule is CCCNC(Cc1nc(C)c(C)s1)C(OC)C(C)C. The van der Waals surface area contributed by atoms with E-state index in [1.807, 2.05) is 18.4 Å². The zero-order valence-corrected chi connectivity index (χ0v) is 13.9. The highest BCUT2D eigenvalue weighted by molar-refractivity contribution is 7.11. The van der Waals surface area contributed by atoms with Crippen LogP contribution in [0.5, 0.6) is 0 Å². The third-order valence-electron chi connectivity index (χ3n) is 3.45. The van der Waals surface area contributed by atoms with E-state index in [0.717, 1.165) is 25.1 Å². The number of aryl methyl sites for hydroxylation is 2. The molecule has 1 aromatic heterocycles. The molecule has 1 rings (SSSR count). The van der Waals surface area contributed by atoms with Crippen molar-refractivity contribution >= 4 is 11.3 Å². The van der Waals surface area contributed by atoms with Gasteiger partial charge < -0.3 is 10.1 Å². The molecular formula is C15H28N2OS. The predicted molar refractivity (Wildman–Crippen MR) is 83.0 cm³/mol. The topological polar surface area (TPSA) is 34.2 Å². The fourth-order valence-electron chi connectivity index (χ4n) is 2.35. The van der Waals surface area contributed by atoms with Crippen molar-refractivity contribution in [1.82, 2.24) is 10.3 Å². The van der Waals surface area contributed by atoms with Gasteiger partial charge in [-0.15, -0.1) is 11.3 Å². The van der Waals surface area contributed by atoms with Crippen LogP contribution in [0.25, 0.3) is 0 Å². The van der Waals surface area contributed by atoms with E-state index in [1.54, 1.807) is 0 Å². The summed E-state index contributed by atoms with van der Waals surface area (Å²) in [4.78, 5) is 5.98. The predicted octanol–water partition coefficient (Wildman–Crippen LogP) is 3.34. The number of nitrogens with one attached hydrogen (secondary N) is 1. The Labute approximate surface area is 121 Å². The van der Waals surface area contributed by atoms with E-state index in [0.29, 0.717) is 12.0 Å². The maximum absolute atomic E-state index is 5.69. The van der Waals surface area contributed by atoms with Gasteiger partial charge in [-0.2, -0.15) is 0 Å². The fourth-order valence-corrected chi connectivity index (χ4v) is 3.34. The summed E-state index contributed by atoms with van der Waals surface area (Å²) in [5, 5.41) is 4.83. The van der Waals surface area contributed by atoms with Crippen molar-refractivity contribution < 1.29 is 4.74 Å². The summed E-state index contributed by atoms with van der Waals surface area (Å²) in [5.74, 6) is 0.501. The Hall–Kier alpha value is -0.450. The average Bonchev–Trinajstić information content (AvgIpc) is 2.65. The molecule has 0 aliphatic rings. The zero-order valence-electron chi connectivity index (χ0n) is 13.1. The molecule has 0 aliphatic carbocycles. The second-order valence-electron chi connectivity index (χ2n) is 5.46. The van der Waals surface area contributed by atoms with Gasteiger partial charge in [0.1, 0.15) is 0 Å². The molecular weight excluding hydrogens is 256 g/mol. The number of ether oxygens (including phenoxy) is 1. The molecule has 1 heterocycles. The van der Waals surface area contributed by atoms with E-state index in [1.165, 1.54) is 9.88 Å². The molecule has 0 amide bonds. The van der Waals surface area contributed by atoms with E-state index in [-0.39, 0.29) is 6.10 Å². The lowest BCUT2D eigenvalue weighted by molar-refractivity contribution is 0.0332. The van der Waals surface area contributed by atoms with Crippen molar-refractivity contribution in [3.63, 3.8) is 0 Å². The van der Waals surface area contributed by atoms with E-state index >= 15 is 0 Å². The largest absolute Gasteiger partial charge is 0.380 e. The van der Waals surface area contributed by atoms with Crippen LogP contribution in [0.2, 0.25) is 0 Å². The van der Waals surface area contributed by atoms with Crippen molar-refractivity contribution in [2.75, 3.05) is 13.7 Å². The molecule has 0 fully saturated rings. The lowest BCUT2D eigenvalue weighted by Gasteiger charge is -2.29. The molecule has 1 aromatic rings. The first-order valence-corrected chi connectivity index (χ1v) is 8.00. The number of thiazole rings is 1. The van der Waals surface area contributed by atoms with E-state index in [2.05, 4.69) is 44.9 Å². The molecule has 0 bridgehead atoms. The molecule has 0 saturated heterocycles. The van der Waals surface area contributed by atoms with E-state index in [9.17, 15) is 0 Å². The van der Waals surface area contributed by atoms with Crippen LogP contribution in [-0.4, -0.2) is 30.8 Å². The molecule has 4 heteroatoms. The molecule has 0 aromatic carbocycles. The number of hydrogen-bond acceptors (Lipinski definition) is 4. The highest BCUT2D eigenvalue weighted by atomic mass is 32.1. The lowest BCUT2D eigenvalue weighted by Crippen LogP contribution is -2.45. The Kier molecular flexibility index (Phi) is 6.97. The number of hydrogen-bond donors (Lipinski definition) is 1. The van der Waals surface area contributed by atoms with Crippen LogP contribution in [0, 0.1) is 19.8 Å². The van der Waals surface area contributed by atoms with Crippen LogP contribution in [0.15, 0.2) is 0 Å². The Balaban J connectivity index is 2.78. The zero-order chi connectivity index (χ0) is 14.4. The average molecular weight is 284 g/mol. The van der Waals surface area contributed by atoms with Crippen LogP contribution in [0.1, 0.15) is 42.8 Å². The Morgan fingerprint density at radius 3 is 2.42 bits per heavy atom. The minimum Gasteiger partial charge on any atom is -0.380 e. The van der Waals surface area contributed by atoms with Gasteiger partial charge in [0.05, 0.1) is 16.8 Å². The van der Waals surface area contributed by atoms with Gasteiger partial charge in [-0.05, 0) is 32.7 Å². The van der Waals surface area contributed by atoms with Crippen LogP contribution >= 0.6 is 11.3 Å². The minimum absolute atomic E-state index is 0.232. The van der Waals surface area contributed by atoms with Crippen molar-refractivity contribution in [3.05, 3.63) is 15.6 Å². The molecule has 0 aliphatic heterocycles. The second-order valence-corrected chi connectivity index (χ2v) is 6.75. The van der Waals surface area contributed by atoms with E-state index < -0.39 is 0 Å². The third kappa shape index (κ3) is 4.86. The summed E-state index contributed by atoms with van der Waals surface area (Å²) in [6.07, 6.45) is 2.33. The summed E-state index contributed by atoms with van der Waals surface area (Å²) in [6, 6.07) is 0.342. The van der Waals surface area contributed by atoms with Gasteiger partial charge in [0, 0.05) is 24.4 Å². The van der Waals surface area contributed by atoms with Gasteiger partial charge in [-0.3, -0.25) is 0 Å². The summed E-state index contributed by atoms with van der Waals surface area (Å²) < 4.78 is 5.69. The molecule has 2 atom stereocenters. The van der Waals surface area contributed by atoms with Crippen LogP contribution in [-0.2, 0) is 11.2 Å². The fraction of sp³-hybridized carbons (Fsp3) is 0.800. The first-order chi connectivity index (χ1) is 8.99. The summed E-state index contributed by atoms with van der Waals surface area (Å²) in [5.41, 5.74) is 1.16. The van der Waals surface area contributed by atoms with Crippen molar-refractivity contribution in [2.45, 2.75) is 59.6 Å². The highest BCUT2D eigenvalue weighted by Crippen LogP contribution is 2.21. The molecule has 0 saturated carbocycles. The van der Waals surface area contributed by atoms with Gasteiger partial charge in [0.2, 0.25) is 0 Å². The first kappa shape index (κ1) is 16.6. The number of aromatic nitrogens is 1. The summed E-state index contributed by atoms with van der Waals surface area (Å²) in [6.45, 7) is 11.9. The number of nitrogens with zero attached hydrogens (tertiary/aromatic N) is 1. The maximum Gasteiger partial charge on any atom is 0.0947 e. The van der Waals surface area contributed by atoms with Gasteiger partial charge in [0.25, 0.3) is 0 Å². The monoisotopic (exact) mass is 284 g/mol. The Morgan fingerprint density at radius 1 is 1.32 bits per heavy atom. The Bertz CT molecular complexity index is 357. The van der Waals surface area contributed by atoms with Gasteiger partial charge in [0.15, 0.2) is 0 Å². The van der Waals surface area contributed by atoms with Crippen LogP contribution < -0.4 is 5.32 Å². The molecule has 0 spiro atoms.